The predicted octanol–water partition coefficient (Wildman–Crippen LogP) is 6.65. The van der Waals surface area contributed by atoms with Crippen molar-refractivity contribution in [3.8, 4) is 40.0 Å². The number of benzene rings is 3. The van der Waals surface area contributed by atoms with Crippen molar-refractivity contribution in [3.05, 3.63) is 88.6 Å². The third-order valence-electron chi connectivity index (χ3n) is 7.86. The van der Waals surface area contributed by atoms with Crippen LogP contribution in [0.4, 0.5) is 0 Å². The number of hydrogen-bond donors (Lipinski definition) is 0. The Kier molecular flexibility index (Phi) is 11.2. The van der Waals surface area contributed by atoms with E-state index in [1.54, 1.807) is 57.7 Å². The van der Waals surface area contributed by atoms with E-state index in [0.29, 0.717) is 57.6 Å². The molecule has 1 aliphatic rings. The molecule has 0 atom stereocenters. The molecule has 1 aliphatic heterocycles. The summed E-state index contributed by atoms with van der Waals surface area (Å²) < 4.78 is 41.1. The Bertz CT molecular complexity index is 1790. The molecule has 11 nitrogen and oxygen atoms in total. The third-order valence-corrected chi connectivity index (χ3v) is 7.86. The zero-order valence-electron chi connectivity index (χ0n) is 27.9. The summed E-state index contributed by atoms with van der Waals surface area (Å²) in [7, 11) is 4.50. The van der Waals surface area contributed by atoms with E-state index in [2.05, 4.69) is 6.92 Å². The Hall–Kier alpha value is -5.45. The molecule has 2 heterocycles. The monoisotopic (exact) mass is 656 g/mol. The van der Waals surface area contributed by atoms with Gasteiger partial charge in [0.05, 0.1) is 45.4 Å². The summed E-state index contributed by atoms with van der Waals surface area (Å²) in [6.45, 7) is 4.94. The smallest absolute Gasteiger partial charge is 0.338 e. The molecular formula is C37H40N2O9. The Morgan fingerprint density at radius 2 is 1.73 bits per heavy atom. The summed E-state index contributed by atoms with van der Waals surface area (Å²) >= 11 is 0. The molecule has 0 spiro atoms. The van der Waals surface area contributed by atoms with Crippen molar-refractivity contribution < 1.29 is 42.7 Å². The van der Waals surface area contributed by atoms with Crippen molar-refractivity contribution in [1.29, 1.82) is 0 Å². The minimum absolute atomic E-state index is 0.0949. The summed E-state index contributed by atoms with van der Waals surface area (Å²) in [5.41, 5.74) is 4.39. The summed E-state index contributed by atoms with van der Waals surface area (Å²) in [4.78, 5) is 25.9. The molecule has 0 radical (unpaired) electrons. The summed E-state index contributed by atoms with van der Waals surface area (Å²) in [5.74, 6) is 1.91. The van der Waals surface area contributed by atoms with Gasteiger partial charge in [0, 0.05) is 52.9 Å². The van der Waals surface area contributed by atoms with Crippen LogP contribution in [0, 0.1) is 0 Å². The fourth-order valence-electron chi connectivity index (χ4n) is 5.43. The van der Waals surface area contributed by atoms with Crippen LogP contribution in [0.1, 0.15) is 53.7 Å². The van der Waals surface area contributed by atoms with Gasteiger partial charge < -0.3 is 33.2 Å². The maximum atomic E-state index is 13.4. The van der Waals surface area contributed by atoms with Crippen molar-refractivity contribution in [3.63, 3.8) is 0 Å². The minimum atomic E-state index is -0.463. The molecule has 48 heavy (non-hydrogen) atoms. The number of rotatable bonds is 15. The van der Waals surface area contributed by atoms with Gasteiger partial charge in [0.2, 0.25) is 6.79 Å². The first-order valence-electron chi connectivity index (χ1n) is 15.8. The summed E-state index contributed by atoms with van der Waals surface area (Å²) in [6, 6.07) is 16.3. The van der Waals surface area contributed by atoms with Crippen molar-refractivity contribution in [1.82, 2.24) is 9.78 Å². The van der Waals surface area contributed by atoms with E-state index in [1.807, 2.05) is 35.0 Å². The number of aryl methyl sites for hydroxylation is 1. The molecule has 0 N–H and O–H groups in total. The second-order valence-electron chi connectivity index (χ2n) is 10.9. The normalized spacial score (nSPS) is 12.1. The lowest BCUT2D eigenvalue weighted by atomic mass is 9.99. The van der Waals surface area contributed by atoms with Gasteiger partial charge in [-0.1, -0.05) is 31.5 Å². The second-order valence-corrected chi connectivity index (χ2v) is 10.9. The van der Waals surface area contributed by atoms with Crippen LogP contribution in [-0.2, 0) is 33.8 Å². The standard InChI is InChI=1S/C37H40N2O9/c1-6-8-15-39-35(30-14-13-28(42-3)19-32(30)46-22-24-11-9-10-12-29(24)37(41)44-5)27(21-38-39)17-26(36(40)45-7-2)16-25-18-33-34(48-23-47-33)20-31(25)43-4/h9-14,17-21H,6-8,15-16,22-23H2,1-5H3. The molecule has 11 heteroatoms. The van der Waals surface area contributed by atoms with Gasteiger partial charge in [0.15, 0.2) is 11.5 Å². The molecule has 0 saturated heterocycles. The van der Waals surface area contributed by atoms with Crippen molar-refractivity contribution in [2.45, 2.75) is 46.3 Å². The van der Waals surface area contributed by atoms with Crippen LogP contribution in [0.2, 0.25) is 0 Å². The quantitative estimate of drug-likeness (QED) is 0.102. The molecule has 0 bridgehead atoms. The van der Waals surface area contributed by atoms with Crippen LogP contribution in [0.25, 0.3) is 17.3 Å². The van der Waals surface area contributed by atoms with Crippen LogP contribution in [0.3, 0.4) is 0 Å². The summed E-state index contributed by atoms with van der Waals surface area (Å²) in [6.07, 6.45) is 5.58. The Labute approximate surface area is 279 Å². The molecule has 0 saturated carbocycles. The molecule has 252 valence electrons. The van der Waals surface area contributed by atoms with Crippen molar-refractivity contribution in [2.75, 3.05) is 34.7 Å². The van der Waals surface area contributed by atoms with E-state index in [0.717, 1.165) is 29.7 Å². The van der Waals surface area contributed by atoms with Crippen LogP contribution in [-0.4, -0.2) is 56.4 Å². The van der Waals surface area contributed by atoms with Crippen molar-refractivity contribution in [2.24, 2.45) is 0 Å². The Morgan fingerprint density at radius 3 is 2.46 bits per heavy atom. The highest BCUT2D eigenvalue weighted by atomic mass is 16.7. The first-order valence-corrected chi connectivity index (χ1v) is 15.8. The van der Waals surface area contributed by atoms with Gasteiger partial charge >= 0.3 is 11.9 Å². The molecule has 0 fully saturated rings. The topological polar surface area (TPSA) is 117 Å². The number of nitrogens with zero attached hydrogens (tertiary/aromatic N) is 2. The fraction of sp³-hybridized carbons (Fsp3) is 0.324. The number of methoxy groups -OCH3 is 3. The predicted molar refractivity (Wildman–Crippen MR) is 179 cm³/mol. The molecule has 1 aromatic heterocycles. The van der Waals surface area contributed by atoms with E-state index in [-0.39, 0.29) is 26.4 Å². The fourth-order valence-corrected chi connectivity index (χ4v) is 5.43. The lowest BCUT2D eigenvalue weighted by molar-refractivity contribution is -0.138. The largest absolute Gasteiger partial charge is 0.497 e. The van der Waals surface area contributed by atoms with Crippen molar-refractivity contribution >= 4 is 18.0 Å². The van der Waals surface area contributed by atoms with E-state index in [1.165, 1.54) is 7.11 Å². The summed E-state index contributed by atoms with van der Waals surface area (Å²) in [5, 5.41) is 4.74. The van der Waals surface area contributed by atoms with E-state index < -0.39 is 11.9 Å². The number of unbranched alkanes of at least 4 members (excludes halogenated alkanes) is 1. The highest BCUT2D eigenvalue weighted by Gasteiger charge is 2.24. The maximum Gasteiger partial charge on any atom is 0.338 e. The first-order chi connectivity index (χ1) is 23.4. The highest BCUT2D eigenvalue weighted by molar-refractivity contribution is 5.96. The number of carbonyl (C=O) groups is 2. The highest BCUT2D eigenvalue weighted by Crippen LogP contribution is 2.40. The van der Waals surface area contributed by atoms with Crippen LogP contribution < -0.4 is 23.7 Å². The number of fused-ring (bicyclic) bond motifs is 1. The molecule has 4 aromatic rings. The van der Waals surface area contributed by atoms with E-state index in [4.69, 9.17) is 38.3 Å². The second kappa shape index (κ2) is 15.9. The zero-order valence-corrected chi connectivity index (χ0v) is 27.9. The molecule has 5 rings (SSSR count). The number of esters is 2. The number of ether oxygens (including phenoxy) is 7. The number of aromatic nitrogens is 2. The molecule has 0 unspecified atom stereocenters. The van der Waals surface area contributed by atoms with Gasteiger partial charge in [0.25, 0.3) is 0 Å². The SMILES string of the molecule is CCCCn1ncc(C=C(Cc2cc3c(cc2OC)OCO3)C(=O)OCC)c1-c1ccc(OC)cc1OCc1ccccc1C(=O)OC. The third kappa shape index (κ3) is 7.57. The van der Waals surface area contributed by atoms with Gasteiger partial charge in [-0.05, 0) is 43.7 Å². The van der Waals surface area contributed by atoms with E-state index >= 15 is 0 Å². The molecule has 0 amide bonds. The van der Waals surface area contributed by atoms with Crippen LogP contribution >= 0.6 is 0 Å². The Balaban J connectivity index is 1.60. The average Bonchev–Trinajstić information content (AvgIpc) is 3.74. The maximum absolute atomic E-state index is 13.4. The molecule has 0 aliphatic carbocycles. The average molecular weight is 657 g/mol. The van der Waals surface area contributed by atoms with Crippen LogP contribution in [0.15, 0.2) is 66.4 Å². The lowest BCUT2D eigenvalue weighted by Gasteiger charge is -2.17. The van der Waals surface area contributed by atoms with Gasteiger partial charge in [-0.15, -0.1) is 0 Å². The van der Waals surface area contributed by atoms with Gasteiger partial charge in [-0.25, -0.2) is 9.59 Å². The van der Waals surface area contributed by atoms with Crippen LogP contribution in [0.5, 0.6) is 28.7 Å². The Morgan fingerprint density at radius 1 is 0.938 bits per heavy atom. The van der Waals surface area contributed by atoms with E-state index in [9.17, 15) is 9.59 Å². The zero-order chi connectivity index (χ0) is 34.0. The number of hydrogen-bond acceptors (Lipinski definition) is 10. The lowest BCUT2D eigenvalue weighted by Crippen LogP contribution is -2.11. The number of carbonyl (C=O) groups excluding carboxylic acids is 2. The molecule has 3 aromatic carbocycles. The van der Waals surface area contributed by atoms with Gasteiger partial charge in [-0.3, -0.25) is 4.68 Å². The first kappa shape index (κ1) is 33.9. The van der Waals surface area contributed by atoms with Gasteiger partial charge in [-0.2, -0.15) is 5.10 Å². The van der Waals surface area contributed by atoms with Gasteiger partial charge in [0.1, 0.15) is 23.9 Å². The molecular weight excluding hydrogens is 616 g/mol. The minimum Gasteiger partial charge on any atom is -0.497 e.